The van der Waals surface area contributed by atoms with Crippen LogP contribution in [-0.4, -0.2) is 33.4 Å². The minimum Gasteiger partial charge on any atom is -0.394 e. The Labute approximate surface area is 82.7 Å². The molecule has 1 heterocycles. The number of hydrogen-bond donors (Lipinski definition) is 2. The van der Waals surface area contributed by atoms with E-state index in [9.17, 15) is 4.79 Å². The molecule has 0 unspecified atom stereocenters. The second-order valence-corrected chi connectivity index (χ2v) is 3.06. The van der Waals surface area contributed by atoms with Crippen LogP contribution in [0.15, 0.2) is 18.5 Å². The van der Waals surface area contributed by atoms with Gasteiger partial charge in [-0.15, -0.1) is 0 Å². The highest BCUT2D eigenvalue weighted by molar-refractivity contribution is 5.75. The van der Waals surface area contributed by atoms with Crippen LogP contribution in [0.5, 0.6) is 0 Å². The highest BCUT2D eigenvalue weighted by atomic mass is 16.3. The maximum atomic E-state index is 11.4. The van der Waals surface area contributed by atoms with Crippen molar-refractivity contribution in [3.8, 4) is 0 Å². The summed E-state index contributed by atoms with van der Waals surface area (Å²) >= 11 is 0. The number of rotatable bonds is 5. The van der Waals surface area contributed by atoms with E-state index in [4.69, 9.17) is 5.11 Å². The van der Waals surface area contributed by atoms with Crippen LogP contribution < -0.4 is 5.32 Å². The average Bonchev–Trinajstić information content (AvgIpc) is 2.66. The fourth-order valence-corrected chi connectivity index (χ4v) is 1.09. The Morgan fingerprint density at radius 3 is 3.00 bits per heavy atom. The molecule has 1 aromatic rings. The summed E-state index contributed by atoms with van der Waals surface area (Å²) in [6.07, 6.45) is 4.07. The minimum absolute atomic E-state index is 0.0264. The number of amides is 1. The largest absolute Gasteiger partial charge is 0.394 e. The van der Waals surface area contributed by atoms with Crippen molar-refractivity contribution >= 4 is 5.91 Å². The van der Waals surface area contributed by atoms with E-state index in [1.54, 1.807) is 23.1 Å². The summed E-state index contributed by atoms with van der Waals surface area (Å²) in [5.74, 6) is -0.130. The Balaban J connectivity index is 2.35. The lowest BCUT2D eigenvalue weighted by Crippen LogP contribution is -2.38. The Hall–Kier alpha value is -1.36. The van der Waals surface area contributed by atoms with Crippen molar-refractivity contribution in [2.75, 3.05) is 6.61 Å². The van der Waals surface area contributed by atoms with Gasteiger partial charge in [-0.2, -0.15) is 5.10 Å². The second kappa shape index (κ2) is 5.39. The summed E-state index contributed by atoms with van der Waals surface area (Å²) < 4.78 is 1.54. The molecule has 0 saturated carbocycles. The summed E-state index contributed by atoms with van der Waals surface area (Å²) in [7, 11) is 0. The molecule has 2 N–H and O–H groups in total. The number of nitrogens with one attached hydrogen (secondary N) is 1. The molecule has 0 radical (unpaired) electrons. The van der Waals surface area contributed by atoms with Gasteiger partial charge in [0.05, 0.1) is 12.6 Å². The third-order valence-electron chi connectivity index (χ3n) is 1.94. The predicted molar refractivity (Wildman–Crippen MR) is 51.5 cm³/mol. The maximum Gasteiger partial charge on any atom is 0.242 e. The Kier molecular flexibility index (Phi) is 4.12. The molecule has 0 saturated heterocycles. The average molecular weight is 197 g/mol. The standard InChI is InChI=1S/C9H15N3O2/c1-2-8(7-13)11-9(14)6-12-5-3-4-10-12/h3-5,8,13H,2,6-7H2,1H3,(H,11,14)/t8-/m1/s1. The molecule has 0 aliphatic heterocycles. The molecule has 0 aromatic carbocycles. The van der Waals surface area contributed by atoms with Gasteiger partial charge < -0.3 is 10.4 Å². The number of hydrogen-bond acceptors (Lipinski definition) is 3. The van der Waals surface area contributed by atoms with Gasteiger partial charge >= 0.3 is 0 Å². The van der Waals surface area contributed by atoms with Crippen molar-refractivity contribution in [3.05, 3.63) is 18.5 Å². The number of aromatic nitrogens is 2. The minimum atomic E-state index is -0.155. The van der Waals surface area contributed by atoms with E-state index >= 15 is 0 Å². The van der Waals surface area contributed by atoms with Crippen LogP contribution in [0.4, 0.5) is 0 Å². The fraction of sp³-hybridized carbons (Fsp3) is 0.556. The summed E-state index contributed by atoms with van der Waals surface area (Å²) in [6, 6.07) is 1.61. The maximum absolute atomic E-state index is 11.4. The van der Waals surface area contributed by atoms with Gasteiger partial charge in [-0.05, 0) is 12.5 Å². The molecule has 0 fully saturated rings. The first kappa shape index (κ1) is 10.7. The van der Waals surface area contributed by atoms with Crippen LogP contribution in [0.3, 0.4) is 0 Å². The van der Waals surface area contributed by atoms with Gasteiger partial charge in [0, 0.05) is 12.4 Å². The quantitative estimate of drug-likeness (QED) is 0.685. The molecule has 5 heteroatoms. The summed E-state index contributed by atoms with van der Waals surface area (Å²) in [4.78, 5) is 11.4. The highest BCUT2D eigenvalue weighted by Gasteiger charge is 2.09. The normalized spacial score (nSPS) is 12.4. The van der Waals surface area contributed by atoms with Gasteiger partial charge in [-0.3, -0.25) is 9.48 Å². The van der Waals surface area contributed by atoms with Gasteiger partial charge in [-0.1, -0.05) is 6.92 Å². The van der Waals surface area contributed by atoms with E-state index in [1.807, 2.05) is 6.92 Å². The Morgan fingerprint density at radius 1 is 1.71 bits per heavy atom. The van der Waals surface area contributed by atoms with Crippen LogP contribution in [0.1, 0.15) is 13.3 Å². The van der Waals surface area contributed by atoms with Gasteiger partial charge in [0.15, 0.2) is 0 Å². The first-order valence-electron chi connectivity index (χ1n) is 4.64. The van der Waals surface area contributed by atoms with E-state index in [1.165, 1.54) is 0 Å². The Bertz CT molecular complexity index is 268. The summed E-state index contributed by atoms with van der Waals surface area (Å²) in [5.41, 5.74) is 0. The lowest BCUT2D eigenvalue weighted by atomic mass is 10.2. The third kappa shape index (κ3) is 3.18. The van der Waals surface area contributed by atoms with Crippen molar-refractivity contribution in [2.45, 2.75) is 25.9 Å². The topological polar surface area (TPSA) is 67.2 Å². The van der Waals surface area contributed by atoms with Crippen LogP contribution in [0, 0.1) is 0 Å². The molecule has 1 rings (SSSR count). The van der Waals surface area contributed by atoms with Gasteiger partial charge in [0.1, 0.15) is 6.54 Å². The SMILES string of the molecule is CC[C@H](CO)NC(=O)Cn1cccn1. The van der Waals surface area contributed by atoms with E-state index in [2.05, 4.69) is 10.4 Å². The number of nitrogens with zero attached hydrogens (tertiary/aromatic N) is 2. The molecular weight excluding hydrogens is 182 g/mol. The summed E-state index contributed by atoms with van der Waals surface area (Å²) in [6.45, 7) is 2.08. The lowest BCUT2D eigenvalue weighted by molar-refractivity contribution is -0.122. The second-order valence-electron chi connectivity index (χ2n) is 3.06. The fourth-order valence-electron chi connectivity index (χ4n) is 1.09. The Morgan fingerprint density at radius 2 is 2.50 bits per heavy atom. The number of aliphatic hydroxyl groups excluding tert-OH is 1. The zero-order chi connectivity index (χ0) is 10.4. The molecule has 0 aliphatic rings. The molecule has 78 valence electrons. The summed E-state index contributed by atoms with van der Waals surface area (Å²) in [5, 5.41) is 15.5. The molecule has 0 bridgehead atoms. The molecule has 1 amide bonds. The van der Waals surface area contributed by atoms with Crippen molar-refractivity contribution < 1.29 is 9.90 Å². The van der Waals surface area contributed by atoms with Crippen LogP contribution in [0.2, 0.25) is 0 Å². The van der Waals surface area contributed by atoms with E-state index in [0.717, 1.165) is 6.42 Å². The molecular formula is C9H15N3O2. The van der Waals surface area contributed by atoms with Crippen molar-refractivity contribution in [2.24, 2.45) is 0 Å². The first-order valence-corrected chi connectivity index (χ1v) is 4.64. The van der Waals surface area contributed by atoms with Crippen LogP contribution in [-0.2, 0) is 11.3 Å². The van der Waals surface area contributed by atoms with E-state index < -0.39 is 0 Å². The molecule has 1 atom stereocenters. The van der Waals surface area contributed by atoms with E-state index in [0.29, 0.717) is 0 Å². The zero-order valence-electron chi connectivity index (χ0n) is 8.18. The third-order valence-corrected chi connectivity index (χ3v) is 1.94. The number of carbonyl (C=O) groups excluding carboxylic acids is 1. The van der Waals surface area contributed by atoms with Crippen molar-refractivity contribution in [1.82, 2.24) is 15.1 Å². The first-order chi connectivity index (χ1) is 6.76. The van der Waals surface area contributed by atoms with Gasteiger partial charge in [0.2, 0.25) is 5.91 Å². The van der Waals surface area contributed by atoms with Crippen molar-refractivity contribution in [3.63, 3.8) is 0 Å². The van der Waals surface area contributed by atoms with E-state index in [-0.39, 0.29) is 25.1 Å². The smallest absolute Gasteiger partial charge is 0.242 e. The highest BCUT2D eigenvalue weighted by Crippen LogP contribution is 1.90. The number of aliphatic hydroxyl groups is 1. The van der Waals surface area contributed by atoms with Gasteiger partial charge in [0.25, 0.3) is 0 Å². The van der Waals surface area contributed by atoms with Crippen LogP contribution in [0.25, 0.3) is 0 Å². The molecule has 14 heavy (non-hydrogen) atoms. The monoisotopic (exact) mass is 197 g/mol. The van der Waals surface area contributed by atoms with Crippen LogP contribution >= 0.6 is 0 Å². The zero-order valence-corrected chi connectivity index (χ0v) is 8.18. The molecule has 5 nitrogen and oxygen atoms in total. The predicted octanol–water partition coefficient (Wildman–Crippen LogP) is -0.230. The lowest BCUT2D eigenvalue weighted by Gasteiger charge is -2.13. The van der Waals surface area contributed by atoms with Crippen molar-refractivity contribution in [1.29, 1.82) is 0 Å². The molecule has 0 aliphatic carbocycles. The molecule has 0 spiro atoms. The van der Waals surface area contributed by atoms with Gasteiger partial charge in [-0.25, -0.2) is 0 Å². The molecule has 1 aromatic heterocycles. The number of carbonyl (C=O) groups is 1.